The molecule has 0 N–H and O–H groups in total. The van der Waals surface area contributed by atoms with Crippen molar-refractivity contribution in [1.29, 1.82) is 0 Å². The van der Waals surface area contributed by atoms with Crippen LogP contribution in [0.3, 0.4) is 0 Å². The van der Waals surface area contributed by atoms with Crippen LogP contribution in [0.5, 0.6) is 11.5 Å². The first kappa shape index (κ1) is 31.6. The minimum Gasteiger partial charge on any atom is -0.540 e. The molecule has 10 nitrogen and oxygen atoms in total. The molecule has 230 valence electrons. The summed E-state index contributed by atoms with van der Waals surface area (Å²) < 4.78 is 40.6. The minimum absolute atomic E-state index is 0. The SMILES string of the molecule is Cc1c(-c2cnc(C(=O)[O-])o2)nc(CN2CCC(c3cccc4c3O[C@@](C)(c3ccc(Cl)cc3F)O4)CC2)n1C[C@@H]1CCO1.[Li+]. The zero-order valence-electron chi connectivity index (χ0n) is 25.3. The number of piperidine rings is 1. The monoisotopic (exact) mass is 628 g/mol. The third kappa shape index (κ3) is 6.00. The number of imidazole rings is 1. The van der Waals surface area contributed by atoms with Crippen molar-refractivity contribution in [3.05, 3.63) is 82.0 Å². The van der Waals surface area contributed by atoms with Gasteiger partial charge in [0.25, 0.3) is 5.79 Å². The van der Waals surface area contributed by atoms with Gasteiger partial charge in [0.1, 0.15) is 23.3 Å². The number of nitrogens with zero attached hydrogens (tertiary/aromatic N) is 4. The summed E-state index contributed by atoms with van der Waals surface area (Å²) in [5, 5.41) is 11.5. The minimum atomic E-state index is -1.47. The fourth-order valence-corrected chi connectivity index (χ4v) is 6.50. The number of likely N-dealkylation sites (tertiary alicyclic amines) is 1. The Morgan fingerprint density at radius 2 is 1.96 bits per heavy atom. The molecular formula is C32H31ClFLiN4O6. The van der Waals surface area contributed by atoms with E-state index in [9.17, 15) is 14.3 Å². The van der Waals surface area contributed by atoms with E-state index < -0.39 is 23.5 Å². The molecule has 3 aliphatic rings. The van der Waals surface area contributed by atoms with Gasteiger partial charge >= 0.3 is 18.9 Å². The van der Waals surface area contributed by atoms with E-state index in [-0.39, 0.29) is 36.4 Å². The first-order valence-corrected chi connectivity index (χ1v) is 15.1. The van der Waals surface area contributed by atoms with Crippen molar-refractivity contribution >= 4 is 17.6 Å². The van der Waals surface area contributed by atoms with Crippen LogP contribution in [0.2, 0.25) is 5.02 Å². The van der Waals surface area contributed by atoms with Crippen molar-refractivity contribution in [3.63, 3.8) is 0 Å². The number of para-hydroxylation sites is 1. The van der Waals surface area contributed by atoms with Gasteiger partial charge in [-0.05, 0) is 69.5 Å². The molecule has 4 aromatic rings. The molecule has 7 rings (SSSR count). The van der Waals surface area contributed by atoms with Crippen molar-refractivity contribution in [2.24, 2.45) is 0 Å². The number of carbonyl (C=O) groups is 1. The van der Waals surface area contributed by atoms with Crippen LogP contribution < -0.4 is 33.4 Å². The van der Waals surface area contributed by atoms with Gasteiger partial charge in [0, 0.05) is 29.8 Å². The van der Waals surface area contributed by atoms with Gasteiger partial charge in [-0.25, -0.2) is 14.4 Å². The third-order valence-electron chi connectivity index (χ3n) is 8.82. The predicted octanol–water partition coefficient (Wildman–Crippen LogP) is 1.82. The Hall–Kier alpha value is -3.33. The molecule has 2 aromatic heterocycles. The molecule has 0 saturated carbocycles. The number of halogens is 2. The molecule has 3 aliphatic heterocycles. The summed E-state index contributed by atoms with van der Waals surface area (Å²) in [5.74, 6) is -1.08. The van der Waals surface area contributed by atoms with E-state index in [1.165, 1.54) is 12.3 Å². The number of ether oxygens (including phenoxy) is 3. The number of oxazole rings is 1. The van der Waals surface area contributed by atoms with Crippen LogP contribution in [0.15, 0.2) is 47.0 Å². The van der Waals surface area contributed by atoms with Crippen LogP contribution in [0.25, 0.3) is 11.5 Å². The number of carboxylic acids is 1. The number of rotatable bonds is 8. The van der Waals surface area contributed by atoms with Crippen LogP contribution in [0, 0.1) is 12.7 Å². The fraction of sp³-hybridized carbons (Fsp3) is 0.406. The molecule has 0 radical (unpaired) electrons. The van der Waals surface area contributed by atoms with Crippen molar-refractivity contribution in [2.75, 3.05) is 19.7 Å². The van der Waals surface area contributed by atoms with E-state index in [0.717, 1.165) is 56.0 Å². The predicted molar refractivity (Wildman–Crippen MR) is 155 cm³/mol. The molecule has 0 amide bonds. The Bertz CT molecular complexity index is 1730. The van der Waals surface area contributed by atoms with Crippen LogP contribution in [-0.2, 0) is 23.6 Å². The normalized spacial score (nSPS) is 21.4. The summed E-state index contributed by atoms with van der Waals surface area (Å²) >= 11 is 5.97. The summed E-state index contributed by atoms with van der Waals surface area (Å²) in [6, 6.07) is 10.4. The second-order valence-corrected chi connectivity index (χ2v) is 12.1. The molecule has 2 saturated heterocycles. The molecule has 2 aromatic carbocycles. The summed E-state index contributed by atoms with van der Waals surface area (Å²) in [6.07, 6.45) is 4.24. The second-order valence-electron chi connectivity index (χ2n) is 11.7. The van der Waals surface area contributed by atoms with Crippen LogP contribution in [-0.4, -0.2) is 51.2 Å². The average molecular weight is 629 g/mol. The van der Waals surface area contributed by atoms with Gasteiger partial charge in [0.05, 0.1) is 31.0 Å². The molecule has 5 heterocycles. The Kier molecular flexibility index (Phi) is 8.76. The van der Waals surface area contributed by atoms with Crippen molar-refractivity contribution < 1.29 is 51.8 Å². The Balaban J connectivity index is 0.00000357. The largest absolute Gasteiger partial charge is 1.00 e. The van der Waals surface area contributed by atoms with E-state index in [2.05, 4.69) is 20.5 Å². The van der Waals surface area contributed by atoms with Crippen LogP contribution in [0.4, 0.5) is 4.39 Å². The Morgan fingerprint density at radius 1 is 1.18 bits per heavy atom. The number of aromatic nitrogens is 3. The van der Waals surface area contributed by atoms with Gasteiger partial charge in [-0.15, -0.1) is 0 Å². The van der Waals surface area contributed by atoms with Gasteiger partial charge < -0.3 is 33.1 Å². The van der Waals surface area contributed by atoms with Crippen molar-refractivity contribution in [1.82, 2.24) is 19.4 Å². The Labute approximate surface area is 276 Å². The van der Waals surface area contributed by atoms with Gasteiger partial charge in [-0.2, -0.15) is 0 Å². The maximum absolute atomic E-state index is 14.8. The maximum Gasteiger partial charge on any atom is 1.00 e. The first-order valence-electron chi connectivity index (χ1n) is 14.7. The standard InChI is InChI=1S/C32H32ClFN4O6.Li/c1-18-28(26-15-35-30(42-26)31(39)40)36-27(38(18)16-21-10-13-41-21)17-37-11-8-19(9-12-37)22-4-3-5-25-29(22)44-32(2,43-25)23-7-6-20(33)14-24(23)34;/h3-7,14-15,19,21H,8-13,16-17H2,1-2H3,(H,39,40);/q;+1/p-1/t21-,32-;/m0./s1. The number of fused-ring (bicyclic) bond motifs is 1. The van der Waals surface area contributed by atoms with E-state index in [4.69, 9.17) is 35.2 Å². The number of benzene rings is 2. The zero-order chi connectivity index (χ0) is 30.6. The van der Waals surface area contributed by atoms with E-state index in [1.807, 2.05) is 19.1 Å². The van der Waals surface area contributed by atoms with E-state index >= 15 is 0 Å². The summed E-state index contributed by atoms with van der Waals surface area (Å²) in [7, 11) is 0. The summed E-state index contributed by atoms with van der Waals surface area (Å²) in [6.45, 7) is 7.34. The number of carboxylic acid groups (broad SMARTS) is 1. The second kappa shape index (κ2) is 12.5. The zero-order valence-corrected chi connectivity index (χ0v) is 26.1. The number of carbonyl (C=O) groups excluding carboxylic acids is 1. The molecule has 2 fully saturated rings. The molecule has 0 spiro atoms. The van der Waals surface area contributed by atoms with Gasteiger partial charge in [0.2, 0.25) is 5.89 Å². The molecule has 0 unspecified atom stereocenters. The van der Waals surface area contributed by atoms with Crippen LogP contribution >= 0.6 is 11.6 Å². The maximum atomic E-state index is 14.8. The van der Waals surface area contributed by atoms with Gasteiger partial charge in [-0.1, -0.05) is 23.7 Å². The quantitative estimate of drug-likeness (QED) is 0.270. The smallest absolute Gasteiger partial charge is 0.540 e. The fourth-order valence-electron chi connectivity index (χ4n) is 6.34. The molecule has 2 atom stereocenters. The average Bonchev–Trinajstić information content (AvgIpc) is 3.67. The third-order valence-corrected chi connectivity index (χ3v) is 9.05. The van der Waals surface area contributed by atoms with E-state index in [1.54, 1.807) is 19.1 Å². The Morgan fingerprint density at radius 3 is 2.62 bits per heavy atom. The topological polar surface area (TPSA) is 115 Å². The number of hydrogen-bond donors (Lipinski definition) is 0. The number of hydrogen-bond acceptors (Lipinski definition) is 9. The number of aromatic carboxylic acids is 1. The molecule has 0 aliphatic carbocycles. The summed E-state index contributed by atoms with van der Waals surface area (Å²) in [4.78, 5) is 22.3. The molecule has 13 heteroatoms. The summed E-state index contributed by atoms with van der Waals surface area (Å²) in [5.41, 5.74) is 2.77. The van der Waals surface area contributed by atoms with Gasteiger partial charge in [0.15, 0.2) is 17.3 Å². The van der Waals surface area contributed by atoms with Crippen molar-refractivity contribution in [2.45, 2.75) is 64.0 Å². The first-order chi connectivity index (χ1) is 21.2. The molecule has 0 bridgehead atoms. The molecular weight excluding hydrogens is 598 g/mol. The van der Waals surface area contributed by atoms with Gasteiger partial charge in [-0.3, -0.25) is 4.90 Å². The van der Waals surface area contributed by atoms with E-state index in [0.29, 0.717) is 41.1 Å². The molecule has 45 heavy (non-hydrogen) atoms. The van der Waals surface area contributed by atoms with Crippen LogP contribution in [0.1, 0.15) is 65.4 Å². The van der Waals surface area contributed by atoms with Crippen molar-refractivity contribution in [3.8, 4) is 23.0 Å².